The van der Waals surface area contributed by atoms with Gasteiger partial charge in [0.2, 0.25) is 0 Å². The molecule has 2 rings (SSSR count). The van der Waals surface area contributed by atoms with Gasteiger partial charge in [0.1, 0.15) is 0 Å². The highest BCUT2D eigenvalue weighted by Gasteiger charge is 2.12. The van der Waals surface area contributed by atoms with E-state index in [0.717, 1.165) is 25.5 Å². The van der Waals surface area contributed by atoms with Crippen molar-refractivity contribution >= 4 is 11.8 Å². The first-order chi connectivity index (χ1) is 7.75. The first kappa shape index (κ1) is 12.0. The average Bonchev–Trinajstić information content (AvgIpc) is 2.32. The molecule has 0 bridgehead atoms. The summed E-state index contributed by atoms with van der Waals surface area (Å²) in [4.78, 5) is 1.36. The summed E-state index contributed by atoms with van der Waals surface area (Å²) in [5.74, 6) is 1.09. The molecular formula is C13H19NOS. The normalized spacial score (nSPS) is 21.0. The topological polar surface area (TPSA) is 21.3 Å². The third-order valence-corrected chi connectivity index (χ3v) is 4.08. The van der Waals surface area contributed by atoms with Crippen molar-refractivity contribution < 1.29 is 4.74 Å². The van der Waals surface area contributed by atoms with Crippen LogP contribution in [0, 0.1) is 13.8 Å². The molecule has 0 radical (unpaired) electrons. The Hall–Kier alpha value is -0.510. The van der Waals surface area contributed by atoms with E-state index in [1.54, 1.807) is 0 Å². The average molecular weight is 237 g/mol. The zero-order valence-electron chi connectivity index (χ0n) is 9.95. The second kappa shape index (κ2) is 5.71. The second-order valence-electron chi connectivity index (χ2n) is 4.28. The van der Waals surface area contributed by atoms with Crippen LogP contribution in [0.5, 0.6) is 0 Å². The van der Waals surface area contributed by atoms with E-state index in [2.05, 4.69) is 37.4 Å². The lowest BCUT2D eigenvalue weighted by molar-refractivity contribution is 0.0837. The number of aryl methyl sites for hydroxylation is 2. The molecule has 0 aliphatic carbocycles. The van der Waals surface area contributed by atoms with Gasteiger partial charge in [-0.05, 0) is 37.1 Å². The number of ether oxygens (including phenoxy) is 1. The van der Waals surface area contributed by atoms with Crippen LogP contribution in [-0.2, 0) is 4.74 Å². The largest absolute Gasteiger partial charge is 0.378 e. The number of thioether (sulfide) groups is 1. The Balaban J connectivity index is 1.86. The van der Waals surface area contributed by atoms with E-state index in [1.165, 1.54) is 16.0 Å². The molecule has 0 spiro atoms. The Bertz CT molecular complexity index is 348. The van der Waals surface area contributed by atoms with Crippen molar-refractivity contribution in [2.24, 2.45) is 0 Å². The van der Waals surface area contributed by atoms with Crippen molar-refractivity contribution in [2.45, 2.75) is 24.8 Å². The molecule has 1 aromatic rings. The van der Waals surface area contributed by atoms with Gasteiger partial charge in [0.05, 0.1) is 13.2 Å². The van der Waals surface area contributed by atoms with Crippen LogP contribution < -0.4 is 5.32 Å². The predicted molar refractivity (Wildman–Crippen MR) is 69.2 cm³/mol. The summed E-state index contributed by atoms with van der Waals surface area (Å²) < 4.78 is 5.44. The van der Waals surface area contributed by atoms with Gasteiger partial charge < -0.3 is 10.1 Å². The van der Waals surface area contributed by atoms with Gasteiger partial charge >= 0.3 is 0 Å². The van der Waals surface area contributed by atoms with E-state index >= 15 is 0 Å². The zero-order chi connectivity index (χ0) is 11.4. The van der Waals surface area contributed by atoms with E-state index in [4.69, 9.17) is 4.74 Å². The number of morpholine rings is 1. The molecule has 1 unspecified atom stereocenters. The van der Waals surface area contributed by atoms with E-state index in [1.807, 2.05) is 11.8 Å². The van der Waals surface area contributed by atoms with Gasteiger partial charge in [-0.1, -0.05) is 6.07 Å². The highest BCUT2D eigenvalue weighted by atomic mass is 32.2. The van der Waals surface area contributed by atoms with Crippen LogP contribution in [0.15, 0.2) is 23.1 Å². The van der Waals surface area contributed by atoms with E-state index in [0.29, 0.717) is 6.04 Å². The van der Waals surface area contributed by atoms with Crippen molar-refractivity contribution in [3.8, 4) is 0 Å². The Morgan fingerprint density at radius 2 is 2.25 bits per heavy atom. The summed E-state index contributed by atoms with van der Waals surface area (Å²) in [6, 6.07) is 7.17. The maximum Gasteiger partial charge on any atom is 0.0628 e. The molecule has 0 saturated carbocycles. The minimum absolute atomic E-state index is 0.500. The Morgan fingerprint density at radius 1 is 1.38 bits per heavy atom. The molecule has 2 nitrogen and oxygen atoms in total. The lowest BCUT2D eigenvalue weighted by atomic mass is 10.1. The monoisotopic (exact) mass is 237 g/mol. The summed E-state index contributed by atoms with van der Waals surface area (Å²) >= 11 is 1.91. The summed E-state index contributed by atoms with van der Waals surface area (Å²) in [5.41, 5.74) is 2.74. The van der Waals surface area contributed by atoms with Crippen LogP contribution in [0.2, 0.25) is 0 Å². The minimum atomic E-state index is 0.500. The number of hydrogen-bond acceptors (Lipinski definition) is 3. The lowest BCUT2D eigenvalue weighted by Crippen LogP contribution is -2.42. The van der Waals surface area contributed by atoms with Crippen molar-refractivity contribution in [3.63, 3.8) is 0 Å². The van der Waals surface area contributed by atoms with Crippen molar-refractivity contribution in [3.05, 3.63) is 29.3 Å². The summed E-state index contributed by atoms with van der Waals surface area (Å²) in [5, 5.41) is 3.47. The fourth-order valence-corrected chi connectivity index (χ4v) is 2.76. The van der Waals surface area contributed by atoms with Crippen molar-refractivity contribution in [1.82, 2.24) is 5.32 Å². The predicted octanol–water partition coefficient (Wildman–Crippen LogP) is 2.38. The zero-order valence-corrected chi connectivity index (χ0v) is 10.8. The second-order valence-corrected chi connectivity index (χ2v) is 5.38. The van der Waals surface area contributed by atoms with Crippen LogP contribution in [0.25, 0.3) is 0 Å². The molecule has 88 valence electrons. The van der Waals surface area contributed by atoms with Crippen LogP contribution in [-0.4, -0.2) is 31.6 Å². The standard InChI is InChI=1S/C13H19NOS/c1-10-3-4-13(7-11(10)2)16-9-12-8-15-6-5-14-12/h3-4,7,12,14H,5-6,8-9H2,1-2H3. The third-order valence-electron chi connectivity index (χ3n) is 2.93. The smallest absolute Gasteiger partial charge is 0.0628 e. The highest BCUT2D eigenvalue weighted by Crippen LogP contribution is 2.22. The first-order valence-corrected chi connectivity index (χ1v) is 6.75. The summed E-state index contributed by atoms with van der Waals surface area (Å²) in [7, 11) is 0. The van der Waals surface area contributed by atoms with Gasteiger partial charge in [-0.25, -0.2) is 0 Å². The van der Waals surface area contributed by atoms with Gasteiger partial charge in [0.25, 0.3) is 0 Å². The number of rotatable bonds is 3. The Morgan fingerprint density at radius 3 is 2.94 bits per heavy atom. The van der Waals surface area contributed by atoms with Gasteiger partial charge in [-0.3, -0.25) is 0 Å². The minimum Gasteiger partial charge on any atom is -0.378 e. The van der Waals surface area contributed by atoms with Crippen LogP contribution in [0.4, 0.5) is 0 Å². The number of benzene rings is 1. The molecule has 1 aliphatic heterocycles. The summed E-state index contributed by atoms with van der Waals surface area (Å²) in [6.07, 6.45) is 0. The number of hydrogen-bond donors (Lipinski definition) is 1. The maximum absolute atomic E-state index is 5.44. The Kier molecular flexibility index (Phi) is 4.27. The van der Waals surface area contributed by atoms with Crippen molar-refractivity contribution in [1.29, 1.82) is 0 Å². The van der Waals surface area contributed by atoms with Crippen LogP contribution >= 0.6 is 11.8 Å². The fraction of sp³-hybridized carbons (Fsp3) is 0.538. The lowest BCUT2D eigenvalue weighted by Gasteiger charge is -2.23. The van der Waals surface area contributed by atoms with Crippen molar-refractivity contribution in [2.75, 3.05) is 25.5 Å². The van der Waals surface area contributed by atoms with Gasteiger partial charge in [-0.2, -0.15) is 0 Å². The third kappa shape index (κ3) is 3.24. The first-order valence-electron chi connectivity index (χ1n) is 5.77. The summed E-state index contributed by atoms with van der Waals surface area (Å²) in [6.45, 7) is 7.00. The van der Waals surface area contributed by atoms with Gasteiger partial charge in [0.15, 0.2) is 0 Å². The molecule has 0 aromatic heterocycles. The highest BCUT2D eigenvalue weighted by molar-refractivity contribution is 7.99. The number of nitrogens with one attached hydrogen (secondary N) is 1. The molecule has 1 fully saturated rings. The van der Waals surface area contributed by atoms with Gasteiger partial charge in [-0.15, -0.1) is 11.8 Å². The molecule has 3 heteroatoms. The quantitative estimate of drug-likeness (QED) is 0.816. The molecule has 1 aliphatic rings. The maximum atomic E-state index is 5.44. The van der Waals surface area contributed by atoms with E-state index in [9.17, 15) is 0 Å². The molecular weight excluding hydrogens is 218 g/mol. The molecule has 1 saturated heterocycles. The van der Waals surface area contributed by atoms with E-state index < -0.39 is 0 Å². The fourth-order valence-electron chi connectivity index (χ4n) is 1.73. The van der Waals surface area contributed by atoms with Gasteiger partial charge in [0, 0.05) is 23.2 Å². The molecule has 1 N–H and O–H groups in total. The van der Waals surface area contributed by atoms with E-state index in [-0.39, 0.29) is 0 Å². The molecule has 1 atom stereocenters. The molecule has 1 heterocycles. The molecule has 0 amide bonds. The van der Waals surface area contributed by atoms with Crippen LogP contribution in [0.3, 0.4) is 0 Å². The molecule has 16 heavy (non-hydrogen) atoms. The van der Waals surface area contributed by atoms with Crippen LogP contribution in [0.1, 0.15) is 11.1 Å². The SMILES string of the molecule is Cc1ccc(SCC2COCCN2)cc1C. The Labute approximate surface area is 102 Å². The molecule has 1 aromatic carbocycles.